The van der Waals surface area contributed by atoms with Crippen molar-refractivity contribution in [3.63, 3.8) is 0 Å². The maximum absolute atomic E-state index is 12.9. The summed E-state index contributed by atoms with van der Waals surface area (Å²) in [6.45, 7) is 1.11. The van der Waals surface area contributed by atoms with Crippen molar-refractivity contribution >= 4 is 27.6 Å². The van der Waals surface area contributed by atoms with Crippen LogP contribution in [0.5, 0.6) is 0 Å². The summed E-state index contributed by atoms with van der Waals surface area (Å²) in [5, 5.41) is 8.52. The van der Waals surface area contributed by atoms with E-state index in [1.54, 1.807) is 28.6 Å². The molecule has 168 valence electrons. The molecule has 0 saturated carbocycles. The maximum atomic E-state index is 12.9. The number of rotatable bonds is 9. The summed E-state index contributed by atoms with van der Waals surface area (Å²) in [4.78, 5) is 12.4. The van der Waals surface area contributed by atoms with E-state index in [0.29, 0.717) is 42.5 Å². The van der Waals surface area contributed by atoms with E-state index in [0.717, 1.165) is 24.8 Å². The van der Waals surface area contributed by atoms with E-state index in [1.165, 1.54) is 11.8 Å². The lowest BCUT2D eigenvalue weighted by Crippen LogP contribution is -2.35. The third kappa shape index (κ3) is 5.46. The van der Waals surface area contributed by atoms with Crippen molar-refractivity contribution in [2.75, 3.05) is 18.8 Å². The molecule has 32 heavy (non-hydrogen) atoms. The Bertz CT molecular complexity index is 1160. The Balaban J connectivity index is 1.35. The first-order valence-corrected chi connectivity index (χ1v) is 13.1. The van der Waals surface area contributed by atoms with E-state index < -0.39 is 10.0 Å². The normalized spacial score (nSPS) is 15.0. The lowest BCUT2D eigenvalue weighted by molar-refractivity contribution is 0.0982. The van der Waals surface area contributed by atoms with Crippen LogP contribution in [-0.4, -0.2) is 47.5 Å². The van der Waals surface area contributed by atoms with Crippen molar-refractivity contribution in [3.8, 4) is 11.5 Å². The Hall–Kier alpha value is -2.49. The minimum absolute atomic E-state index is 0.115. The fraction of sp³-hybridized carbons (Fsp3) is 0.348. The number of thioether (sulfide) groups is 1. The fourth-order valence-corrected chi connectivity index (χ4v) is 5.85. The highest BCUT2D eigenvalue weighted by molar-refractivity contribution is 7.99. The number of ketones is 1. The van der Waals surface area contributed by atoms with Crippen LogP contribution in [0, 0.1) is 0 Å². The minimum atomic E-state index is -3.53. The summed E-state index contributed by atoms with van der Waals surface area (Å²) in [7, 11) is -3.53. The van der Waals surface area contributed by atoms with Gasteiger partial charge in [0.25, 0.3) is 5.22 Å². The summed E-state index contributed by atoms with van der Waals surface area (Å²) in [6.07, 6.45) is 3.99. The molecule has 2 aromatic carbocycles. The molecular formula is C23H25N3O4S2. The smallest absolute Gasteiger partial charge is 0.276 e. The molecule has 0 bridgehead atoms. The number of carbonyl (C=O) groups is 1. The Labute approximate surface area is 192 Å². The average molecular weight is 472 g/mol. The molecule has 1 aliphatic heterocycles. The molecule has 7 nitrogen and oxygen atoms in total. The molecule has 1 saturated heterocycles. The van der Waals surface area contributed by atoms with Crippen LogP contribution in [0.15, 0.2) is 69.1 Å². The standard InChI is InChI=1S/C23H25N3O4S2/c27-21(18-9-3-1-4-10-18)13-8-16-31-23-25-24-22(30-23)19-11-7-12-20(17-19)32(28,29)26-14-5-2-6-15-26/h1,3-4,7,9-12,17H,2,5-6,8,13-16H2. The van der Waals surface area contributed by atoms with E-state index in [2.05, 4.69) is 10.2 Å². The van der Waals surface area contributed by atoms with Gasteiger partial charge < -0.3 is 4.42 Å². The number of Topliss-reactive ketones (excluding diaryl/α,β-unsaturated/α-hetero) is 1. The topological polar surface area (TPSA) is 93.4 Å². The SMILES string of the molecule is O=C(CCCSc1nnc(-c2cccc(S(=O)(=O)N3CCCCC3)c2)o1)c1ccccc1. The fourth-order valence-electron chi connectivity index (χ4n) is 3.59. The molecule has 0 aliphatic carbocycles. The van der Waals surface area contributed by atoms with Gasteiger partial charge in [0.15, 0.2) is 5.78 Å². The quantitative estimate of drug-likeness (QED) is 0.254. The lowest BCUT2D eigenvalue weighted by Gasteiger charge is -2.25. The molecule has 1 fully saturated rings. The van der Waals surface area contributed by atoms with Gasteiger partial charge in [0.1, 0.15) is 0 Å². The molecule has 0 N–H and O–H groups in total. The summed E-state index contributed by atoms with van der Waals surface area (Å²) in [6, 6.07) is 15.9. The third-order valence-electron chi connectivity index (χ3n) is 5.31. The van der Waals surface area contributed by atoms with Crippen LogP contribution >= 0.6 is 11.8 Å². The third-order valence-corrected chi connectivity index (χ3v) is 8.11. The van der Waals surface area contributed by atoms with E-state index >= 15 is 0 Å². The van der Waals surface area contributed by atoms with E-state index in [1.807, 2.05) is 30.3 Å². The van der Waals surface area contributed by atoms with Gasteiger partial charge in [0.05, 0.1) is 4.90 Å². The minimum Gasteiger partial charge on any atom is -0.411 e. The van der Waals surface area contributed by atoms with Gasteiger partial charge in [-0.1, -0.05) is 54.6 Å². The second kappa shape index (κ2) is 10.4. The van der Waals surface area contributed by atoms with Gasteiger partial charge in [-0.2, -0.15) is 4.31 Å². The van der Waals surface area contributed by atoms with E-state index in [4.69, 9.17) is 4.42 Å². The Morgan fingerprint density at radius 1 is 1.00 bits per heavy atom. The number of piperidine rings is 1. The van der Waals surface area contributed by atoms with Crippen molar-refractivity contribution in [2.24, 2.45) is 0 Å². The number of nitrogens with zero attached hydrogens (tertiary/aromatic N) is 3. The first-order chi connectivity index (χ1) is 15.5. The van der Waals surface area contributed by atoms with Gasteiger partial charge in [0.2, 0.25) is 15.9 Å². The van der Waals surface area contributed by atoms with Crippen LogP contribution in [-0.2, 0) is 10.0 Å². The van der Waals surface area contributed by atoms with Gasteiger partial charge in [-0.3, -0.25) is 4.79 Å². The van der Waals surface area contributed by atoms with Crippen molar-refractivity contribution in [1.82, 2.24) is 14.5 Å². The first kappa shape index (κ1) is 22.7. The summed E-state index contributed by atoms with van der Waals surface area (Å²) in [5.74, 6) is 1.07. The van der Waals surface area contributed by atoms with Crippen molar-refractivity contribution in [2.45, 2.75) is 42.2 Å². The van der Waals surface area contributed by atoms with E-state index in [-0.39, 0.29) is 16.6 Å². The molecule has 1 aliphatic rings. The van der Waals surface area contributed by atoms with Crippen molar-refractivity contribution < 1.29 is 17.6 Å². The molecule has 0 atom stereocenters. The van der Waals surface area contributed by atoms with Crippen LogP contribution < -0.4 is 0 Å². The van der Waals surface area contributed by atoms with Gasteiger partial charge in [-0.05, 0) is 37.5 Å². The molecule has 1 aromatic heterocycles. The average Bonchev–Trinajstić information content (AvgIpc) is 3.32. The molecule has 3 aromatic rings. The molecule has 0 unspecified atom stereocenters. The second-order valence-electron chi connectivity index (χ2n) is 7.61. The van der Waals surface area contributed by atoms with Crippen molar-refractivity contribution in [1.29, 1.82) is 0 Å². The van der Waals surface area contributed by atoms with Crippen LogP contribution in [0.4, 0.5) is 0 Å². The van der Waals surface area contributed by atoms with Gasteiger partial charge in [-0.25, -0.2) is 8.42 Å². The summed E-state index contributed by atoms with van der Waals surface area (Å²) >= 11 is 1.39. The number of sulfonamides is 1. The molecule has 0 radical (unpaired) electrons. The van der Waals surface area contributed by atoms with E-state index in [9.17, 15) is 13.2 Å². The number of hydrogen-bond acceptors (Lipinski definition) is 7. The van der Waals surface area contributed by atoms with Crippen LogP contribution in [0.25, 0.3) is 11.5 Å². The zero-order valence-electron chi connectivity index (χ0n) is 17.6. The molecule has 2 heterocycles. The Morgan fingerprint density at radius 3 is 2.56 bits per heavy atom. The maximum Gasteiger partial charge on any atom is 0.276 e. The van der Waals surface area contributed by atoms with Gasteiger partial charge in [-0.15, -0.1) is 10.2 Å². The van der Waals surface area contributed by atoms with Crippen LogP contribution in [0.3, 0.4) is 0 Å². The highest BCUT2D eigenvalue weighted by Gasteiger charge is 2.26. The zero-order chi connectivity index (χ0) is 22.4. The van der Waals surface area contributed by atoms with Crippen LogP contribution in [0.1, 0.15) is 42.5 Å². The molecule has 0 spiro atoms. The predicted molar refractivity (Wildman–Crippen MR) is 123 cm³/mol. The first-order valence-electron chi connectivity index (χ1n) is 10.7. The lowest BCUT2D eigenvalue weighted by atomic mass is 10.1. The highest BCUT2D eigenvalue weighted by Crippen LogP contribution is 2.27. The molecule has 4 rings (SSSR count). The predicted octanol–water partition coefficient (Wildman–Crippen LogP) is 4.67. The molecular weight excluding hydrogens is 446 g/mol. The van der Waals surface area contributed by atoms with Crippen LogP contribution in [0.2, 0.25) is 0 Å². The largest absolute Gasteiger partial charge is 0.411 e. The summed E-state index contributed by atoms with van der Waals surface area (Å²) in [5.41, 5.74) is 1.29. The van der Waals surface area contributed by atoms with Gasteiger partial charge >= 0.3 is 0 Å². The number of benzene rings is 2. The summed E-state index contributed by atoms with van der Waals surface area (Å²) < 4.78 is 33.1. The number of hydrogen-bond donors (Lipinski definition) is 0. The van der Waals surface area contributed by atoms with Crippen molar-refractivity contribution in [3.05, 3.63) is 60.2 Å². The number of carbonyl (C=O) groups excluding carboxylic acids is 1. The Morgan fingerprint density at radius 2 is 1.78 bits per heavy atom. The second-order valence-corrected chi connectivity index (χ2v) is 10.6. The molecule has 9 heteroatoms. The zero-order valence-corrected chi connectivity index (χ0v) is 19.3. The molecule has 0 amide bonds. The van der Waals surface area contributed by atoms with Gasteiger partial charge in [0, 0.05) is 36.4 Å². The monoisotopic (exact) mass is 471 g/mol. The Kier molecular flexibility index (Phi) is 7.39. The highest BCUT2D eigenvalue weighted by atomic mass is 32.2. The number of aromatic nitrogens is 2.